The van der Waals surface area contributed by atoms with Crippen LogP contribution in [0.3, 0.4) is 0 Å². The SMILES string of the molecule is Cc1nc(Nc2ccccc2)sc1C(=O)c1sc(Nc2ccccc2)nc1C. The number of thiazole rings is 2. The molecule has 4 aromatic rings. The van der Waals surface area contributed by atoms with Crippen molar-refractivity contribution < 1.29 is 4.79 Å². The summed E-state index contributed by atoms with van der Waals surface area (Å²) in [5, 5.41) is 7.92. The zero-order chi connectivity index (χ0) is 19.5. The summed E-state index contributed by atoms with van der Waals surface area (Å²) in [6, 6.07) is 19.6. The Hall–Kier alpha value is -3.03. The van der Waals surface area contributed by atoms with Gasteiger partial charge in [0, 0.05) is 11.4 Å². The maximum atomic E-state index is 13.1. The fourth-order valence-corrected chi connectivity index (χ4v) is 4.64. The van der Waals surface area contributed by atoms with Gasteiger partial charge in [-0.2, -0.15) is 0 Å². The Morgan fingerprint density at radius 2 is 1.11 bits per heavy atom. The molecule has 0 saturated carbocycles. The zero-order valence-electron chi connectivity index (χ0n) is 15.4. The molecule has 0 spiro atoms. The molecule has 7 heteroatoms. The van der Waals surface area contributed by atoms with Gasteiger partial charge in [0.05, 0.1) is 11.4 Å². The lowest BCUT2D eigenvalue weighted by atomic mass is 10.2. The van der Waals surface area contributed by atoms with Gasteiger partial charge in [-0.15, -0.1) is 0 Å². The Labute approximate surface area is 171 Å². The number of hydrogen-bond acceptors (Lipinski definition) is 7. The fourth-order valence-electron chi connectivity index (χ4n) is 2.71. The van der Waals surface area contributed by atoms with Gasteiger partial charge in [-0.05, 0) is 38.1 Å². The van der Waals surface area contributed by atoms with Crippen LogP contribution in [0.2, 0.25) is 0 Å². The van der Waals surface area contributed by atoms with E-state index in [4.69, 9.17) is 0 Å². The second-order valence-electron chi connectivity index (χ2n) is 6.18. The van der Waals surface area contributed by atoms with Gasteiger partial charge < -0.3 is 10.6 Å². The molecule has 0 unspecified atom stereocenters. The van der Waals surface area contributed by atoms with E-state index in [1.807, 2.05) is 74.5 Å². The van der Waals surface area contributed by atoms with Gasteiger partial charge in [-0.3, -0.25) is 4.79 Å². The van der Waals surface area contributed by atoms with E-state index in [9.17, 15) is 4.79 Å². The molecular formula is C21H18N4OS2. The van der Waals surface area contributed by atoms with E-state index >= 15 is 0 Å². The first-order chi connectivity index (χ1) is 13.6. The van der Waals surface area contributed by atoms with Crippen LogP contribution in [0.5, 0.6) is 0 Å². The molecule has 0 aliphatic rings. The fraction of sp³-hybridized carbons (Fsp3) is 0.0952. The van der Waals surface area contributed by atoms with E-state index in [0.717, 1.165) is 22.8 Å². The van der Waals surface area contributed by atoms with Crippen molar-refractivity contribution in [1.29, 1.82) is 0 Å². The number of nitrogens with one attached hydrogen (secondary N) is 2. The third-order valence-electron chi connectivity index (χ3n) is 4.06. The first kappa shape index (κ1) is 18.3. The van der Waals surface area contributed by atoms with Crippen molar-refractivity contribution >= 4 is 50.1 Å². The molecule has 0 amide bonds. The molecule has 0 bridgehead atoms. The highest BCUT2D eigenvalue weighted by molar-refractivity contribution is 7.21. The summed E-state index contributed by atoms with van der Waals surface area (Å²) >= 11 is 2.73. The molecule has 4 rings (SSSR count). The maximum Gasteiger partial charge on any atom is 0.216 e. The van der Waals surface area contributed by atoms with E-state index in [1.54, 1.807) is 0 Å². The zero-order valence-corrected chi connectivity index (χ0v) is 17.0. The van der Waals surface area contributed by atoms with Gasteiger partial charge in [0.1, 0.15) is 9.75 Å². The monoisotopic (exact) mass is 406 g/mol. The number of ketones is 1. The molecule has 0 aliphatic carbocycles. The number of aromatic nitrogens is 2. The van der Waals surface area contributed by atoms with Crippen molar-refractivity contribution in [3.05, 3.63) is 81.8 Å². The van der Waals surface area contributed by atoms with Crippen LogP contribution in [-0.4, -0.2) is 15.8 Å². The minimum absolute atomic E-state index is 0.0350. The Balaban J connectivity index is 1.56. The molecule has 0 saturated heterocycles. The summed E-state index contributed by atoms with van der Waals surface area (Å²) in [4.78, 5) is 23.4. The van der Waals surface area contributed by atoms with Gasteiger partial charge in [-0.25, -0.2) is 9.97 Å². The summed E-state index contributed by atoms with van der Waals surface area (Å²) in [7, 11) is 0. The van der Waals surface area contributed by atoms with Gasteiger partial charge in [-0.1, -0.05) is 59.1 Å². The molecule has 0 fully saturated rings. The van der Waals surface area contributed by atoms with Gasteiger partial charge >= 0.3 is 0 Å². The number of aryl methyl sites for hydroxylation is 2. The summed E-state index contributed by atoms with van der Waals surface area (Å²) in [5.41, 5.74) is 3.33. The number of hydrogen-bond donors (Lipinski definition) is 2. The highest BCUT2D eigenvalue weighted by Crippen LogP contribution is 2.32. The first-order valence-corrected chi connectivity index (χ1v) is 10.4. The van der Waals surface area contributed by atoms with Crippen LogP contribution < -0.4 is 10.6 Å². The first-order valence-electron chi connectivity index (χ1n) is 8.74. The van der Waals surface area contributed by atoms with Crippen molar-refractivity contribution in [1.82, 2.24) is 9.97 Å². The third-order valence-corrected chi connectivity index (χ3v) is 6.20. The molecule has 2 N–H and O–H groups in total. The van der Waals surface area contributed by atoms with Crippen molar-refractivity contribution in [2.75, 3.05) is 10.6 Å². The average molecular weight is 407 g/mol. The second-order valence-corrected chi connectivity index (χ2v) is 8.18. The summed E-state index contributed by atoms with van der Waals surface area (Å²) < 4.78 is 0. The van der Waals surface area contributed by atoms with Crippen LogP contribution in [0.4, 0.5) is 21.6 Å². The van der Waals surface area contributed by atoms with Crippen LogP contribution >= 0.6 is 22.7 Å². The molecule has 140 valence electrons. The molecule has 28 heavy (non-hydrogen) atoms. The summed E-state index contributed by atoms with van der Waals surface area (Å²) in [6.45, 7) is 3.72. The predicted octanol–water partition coefficient (Wildman–Crippen LogP) is 5.93. The van der Waals surface area contributed by atoms with E-state index in [1.165, 1.54) is 22.7 Å². The number of carbonyl (C=O) groups excluding carboxylic acids is 1. The topological polar surface area (TPSA) is 66.9 Å². The quantitative estimate of drug-likeness (QED) is 0.388. The van der Waals surface area contributed by atoms with Crippen molar-refractivity contribution in [2.24, 2.45) is 0 Å². The molecule has 2 aromatic carbocycles. The third kappa shape index (κ3) is 3.95. The molecular weight excluding hydrogens is 388 g/mol. The minimum atomic E-state index is -0.0350. The molecule has 2 heterocycles. The Kier molecular flexibility index (Phi) is 5.18. The van der Waals surface area contributed by atoms with E-state index < -0.39 is 0 Å². The Morgan fingerprint density at radius 1 is 0.714 bits per heavy atom. The Bertz CT molecular complexity index is 1020. The van der Waals surface area contributed by atoms with E-state index in [-0.39, 0.29) is 5.78 Å². The van der Waals surface area contributed by atoms with Crippen LogP contribution in [-0.2, 0) is 0 Å². The van der Waals surface area contributed by atoms with Crippen LogP contribution in [0.15, 0.2) is 60.7 Å². The largest absolute Gasteiger partial charge is 0.332 e. The van der Waals surface area contributed by atoms with Crippen molar-refractivity contribution in [3.63, 3.8) is 0 Å². The van der Waals surface area contributed by atoms with E-state index in [0.29, 0.717) is 20.0 Å². The molecule has 0 radical (unpaired) electrons. The summed E-state index contributed by atoms with van der Waals surface area (Å²) in [6.07, 6.45) is 0. The normalized spacial score (nSPS) is 10.6. The second kappa shape index (κ2) is 7.92. The van der Waals surface area contributed by atoms with Crippen molar-refractivity contribution in [3.8, 4) is 0 Å². The number of anilines is 4. The Morgan fingerprint density at radius 3 is 1.50 bits per heavy atom. The number of rotatable bonds is 6. The number of para-hydroxylation sites is 2. The van der Waals surface area contributed by atoms with Crippen LogP contribution in [0.1, 0.15) is 25.9 Å². The average Bonchev–Trinajstić information content (AvgIpc) is 3.25. The number of nitrogens with zero attached hydrogens (tertiary/aromatic N) is 2. The molecule has 2 aromatic heterocycles. The smallest absolute Gasteiger partial charge is 0.216 e. The van der Waals surface area contributed by atoms with E-state index in [2.05, 4.69) is 20.6 Å². The standard InChI is InChI=1S/C21H18N4OS2/c1-13-18(27-20(22-13)24-15-9-5-3-6-10-15)17(26)19-14(2)23-21(28-19)25-16-11-7-4-8-12-16/h3-12H,1-2H3,(H,22,24)(H,23,25). The molecule has 0 atom stereocenters. The van der Waals surface area contributed by atoms with Crippen molar-refractivity contribution in [2.45, 2.75) is 13.8 Å². The lowest BCUT2D eigenvalue weighted by Crippen LogP contribution is -2.00. The predicted molar refractivity (Wildman–Crippen MR) is 117 cm³/mol. The maximum absolute atomic E-state index is 13.1. The molecule has 5 nitrogen and oxygen atoms in total. The van der Waals surface area contributed by atoms with Crippen LogP contribution in [0, 0.1) is 13.8 Å². The number of benzene rings is 2. The highest BCUT2D eigenvalue weighted by Gasteiger charge is 2.22. The van der Waals surface area contributed by atoms with Crippen LogP contribution in [0.25, 0.3) is 0 Å². The number of carbonyl (C=O) groups is 1. The highest BCUT2D eigenvalue weighted by atomic mass is 32.1. The van der Waals surface area contributed by atoms with Gasteiger partial charge in [0.15, 0.2) is 10.3 Å². The van der Waals surface area contributed by atoms with Gasteiger partial charge in [0.25, 0.3) is 0 Å². The summed E-state index contributed by atoms with van der Waals surface area (Å²) in [5.74, 6) is -0.0350. The minimum Gasteiger partial charge on any atom is -0.332 e. The molecule has 0 aliphatic heterocycles. The van der Waals surface area contributed by atoms with Gasteiger partial charge in [0.2, 0.25) is 5.78 Å². The lowest BCUT2D eigenvalue weighted by molar-refractivity contribution is 0.104. The lowest BCUT2D eigenvalue weighted by Gasteiger charge is -2.00.